The molecule has 0 aliphatic carbocycles. The molecule has 0 heterocycles. The lowest BCUT2D eigenvalue weighted by molar-refractivity contribution is -0.105. The SMILES string of the molecule is O=CNc1cccc(C=O)c1. The monoisotopic (exact) mass is 149 g/mol. The van der Waals surface area contributed by atoms with Crippen molar-refractivity contribution in [2.75, 3.05) is 5.32 Å². The number of nitrogens with one attached hydrogen (secondary N) is 1. The number of carbonyl (C=O) groups excluding carboxylic acids is 2. The minimum atomic E-state index is 0.553. The molecule has 0 radical (unpaired) electrons. The second-order valence-corrected chi connectivity index (χ2v) is 2.01. The van der Waals surface area contributed by atoms with Crippen LogP contribution in [0.3, 0.4) is 0 Å². The lowest BCUT2D eigenvalue weighted by atomic mass is 10.2. The molecule has 0 saturated heterocycles. The second kappa shape index (κ2) is 3.51. The van der Waals surface area contributed by atoms with Crippen molar-refractivity contribution in [1.29, 1.82) is 0 Å². The van der Waals surface area contributed by atoms with E-state index in [0.29, 0.717) is 17.7 Å². The molecule has 0 unspecified atom stereocenters. The summed E-state index contributed by atoms with van der Waals surface area (Å²) in [4.78, 5) is 20.2. The number of carbonyl (C=O) groups is 2. The molecule has 1 N–H and O–H groups in total. The number of benzene rings is 1. The maximum atomic E-state index is 10.2. The van der Waals surface area contributed by atoms with Crippen LogP contribution in [0.25, 0.3) is 0 Å². The summed E-state index contributed by atoms with van der Waals surface area (Å²) in [5, 5.41) is 2.44. The van der Waals surface area contributed by atoms with Gasteiger partial charge in [-0.2, -0.15) is 0 Å². The van der Waals surface area contributed by atoms with Gasteiger partial charge in [0.05, 0.1) is 0 Å². The van der Waals surface area contributed by atoms with Crippen LogP contribution in [0.1, 0.15) is 10.4 Å². The fourth-order valence-corrected chi connectivity index (χ4v) is 0.770. The fraction of sp³-hybridized carbons (Fsp3) is 0. The number of hydrogen-bond acceptors (Lipinski definition) is 2. The maximum absolute atomic E-state index is 10.2. The van der Waals surface area contributed by atoms with Gasteiger partial charge in [0.2, 0.25) is 6.41 Å². The van der Waals surface area contributed by atoms with Crippen LogP contribution in [-0.2, 0) is 4.79 Å². The molecule has 0 aromatic heterocycles. The summed E-state index contributed by atoms with van der Waals surface area (Å²) in [6, 6.07) is 6.68. The minimum Gasteiger partial charge on any atom is -0.329 e. The van der Waals surface area contributed by atoms with E-state index in [0.717, 1.165) is 6.29 Å². The van der Waals surface area contributed by atoms with Crippen LogP contribution < -0.4 is 5.32 Å². The van der Waals surface area contributed by atoms with Crippen molar-refractivity contribution in [2.45, 2.75) is 0 Å². The van der Waals surface area contributed by atoms with E-state index >= 15 is 0 Å². The molecule has 1 amide bonds. The fourth-order valence-electron chi connectivity index (χ4n) is 0.770. The Balaban J connectivity index is 2.90. The Labute approximate surface area is 64.0 Å². The quantitative estimate of drug-likeness (QED) is 0.653. The van der Waals surface area contributed by atoms with Crippen LogP contribution in [0.5, 0.6) is 0 Å². The van der Waals surface area contributed by atoms with Crippen LogP contribution in [0.2, 0.25) is 0 Å². The average Bonchev–Trinajstić information content (AvgIpc) is 2.06. The molecule has 0 aliphatic rings. The average molecular weight is 149 g/mol. The van der Waals surface area contributed by atoms with Gasteiger partial charge < -0.3 is 5.32 Å². The molecule has 0 saturated carbocycles. The van der Waals surface area contributed by atoms with E-state index in [1.165, 1.54) is 0 Å². The Hall–Kier alpha value is -1.64. The van der Waals surface area contributed by atoms with Gasteiger partial charge in [-0.15, -0.1) is 0 Å². The summed E-state index contributed by atoms with van der Waals surface area (Å²) in [6.45, 7) is 0. The zero-order chi connectivity index (χ0) is 8.10. The number of hydrogen-bond donors (Lipinski definition) is 1. The highest BCUT2D eigenvalue weighted by Crippen LogP contribution is 2.07. The summed E-state index contributed by atoms with van der Waals surface area (Å²) in [5.74, 6) is 0. The molecular weight excluding hydrogens is 142 g/mol. The Kier molecular flexibility index (Phi) is 2.38. The molecule has 0 fully saturated rings. The van der Waals surface area contributed by atoms with E-state index in [4.69, 9.17) is 0 Å². The summed E-state index contributed by atoms with van der Waals surface area (Å²) in [6.07, 6.45) is 1.31. The van der Waals surface area contributed by atoms with Crippen LogP contribution in [0.4, 0.5) is 5.69 Å². The Bertz CT molecular complexity index is 271. The zero-order valence-corrected chi connectivity index (χ0v) is 5.78. The van der Waals surface area contributed by atoms with Gasteiger partial charge in [0, 0.05) is 11.3 Å². The highest BCUT2D eigenvalue weighted by Gasteiger charge is 1.91. The summed E-state index contributed by atoms with van der Waals surface area (Å²) < 4.78 is 0. The topological polar surface area (TPSA) is 46.2 Å². The lowest BCUT2D eigenvalue weighted by Crippen LogP contribution is -1.93. The predicted molar refractivity (Wildman–Crippen MR) is 41.5 cm³/mol. The molecule has 1 aromatic rings. The van der Waals surface area contributed by atoms with Gasteiger partial charge in [-0.1, -0.05) is 12.1 Å². The van der Waals surface area contributed by atoms with Gasteiger partial charge in [-0.25, -0.2) is 0 Å². The number of anilines is 1. The van der Waals surface area contributed by atoms with Gasteiger partial charge in [-0.3, -0.25) is 9.59 Å². The van der Waals surface area contributed by atoms with Gasteiger partial charge in [0.1, 0.15) is 6.29 Å². The number of amides is 1. The Morgan fingerprint density at radius 2 is 2.09 bits per heavy atom. The number of rotatable bonds is 3. The Morgan fingerprint density at radius 3 is 2.73 bits per heavy atom. The van der Waals surface area contributed by atoms with Crippen molar-refractivity contribution in [3.05, 3.63) is 29.8 Å². The third-order valence-corrected chi connectivity index (χ3v) is 1.25. The summed E-state index contributed by atoms with van der Waals surface area (Å²) in [7, 11) is 0. The van der Waals surface area contributed by atoms with E-state index < -0.39 is 0 Å². The zero-order valence-electron chi connectivity index (χ0n) is 5.78. The van der Waals surface area contributed by atoms with Crippen LogP contribution >= 0.6 is 0 Å². The first-order valence-electron chi connectivity index (χ1n) is 3.12. The maximum Gasteiger partial charge on any atom is 0.211 e. The number of aldehydes is 1. The second-order valence-electron chi connectivity index (χ2n) is 2.01. The van der Waals surface area contributed by atoms with Crippen molar-refractivity contribution < 1.29 is 9.59 Å². The van der Waals surface area contributed by atoms with Crippen molar-refractivity contribution >= 4 is 18.4 Å². The van der Waals surface area contributed by atoms with E-state index in [1.54, 1.807) is 24.3 Å². The normalized spacial score (nSPS) is 8.73. The van der Waals surface area contributed by atoms with E-state index in [9.17, 15) is 9.59 Å². The smallest absolute Gasteiger partial charge is 0.211 e. The first-order valence-corrected chi connectivity index (χ1v) is 3.12. The van der Waals surface area contributed by atoms with Crippen molar-refractivity contribution in [2.24, 2.45) is 0 Å². The van der Waals surface area contributed by atoms with E-state index in [1.807, 2.05) is 0 Å². The Morgan fingerprint density at radius 1 is 1.27 bits per heavy atom. The molecular formula is C8H7NO2. The van der Waals surface area contributed by atoms with Gasteiger partial charge in [-0.05, 0) is 12.1 Å². The highest BCUT2D eigenvalue weighted by atomic mass is 16.1. The van der Waals surface area contributed by atoms with Crippen LogP contribution in [-0.4, -0.2) is 12.7 Å². The first-order chi connectivity index (χ1) is 5.36. The van der Waals surface area contributed by atoms with Gasteiger partial charge in [0.15, 0.2) is 0 Å². The van der Waals surface area contributed by atoms with Crippen molar-refractivity contribution in [1.82, 2.24) is 0 Å². The third-order valence-electron chi connectivity index (χ3n) is 1.25. The van der Waals surface area contributed by atoms with Gasteiger partial charge in [0.25, 0.3) is 0 Å². The first kappa shape index (κ1) is 7.47. The van der Waals surface area contributed by atoms with E-state index in [2.05, 4.69) is 5.32 Å². The molecule has 56 valence electrons. The largest absolute Gasteiger partial charge is 0.329 e. The van der Waals surface area contributed by atoms with Crippen molar-refractivity contribution in [3.63, 3.8) is 0 Å². The van der Waals surface area contributed by atoms with Crippen LogP contribution in [0.15, 0.2) is 24.3 Å². The van der Waals surface area contributed by atoms with Crippen molar-refractivity contribution in [3.8, 4) is 0 Å². The summed E-state index contributed by atoms with van der Waals surface area (Å²) in [5.41, 5.74) is 1.18. The molecule has 0 spiro atoms. The predicted octanol–water partition coefficient (Wildman–Crippen LogP) is 1.07. The standard InChI is InChI=1S/C8H7NO2/c10-5-7-2-1-3-8(4-7)9-6-11/h1-6H,(H,9,11). The molecule has 1 aromatic carbocycles. The highest BCUT2D eigenvalue weighted by molar-refractivity contribution is 5.79. The lowest BCUT2D eigenvalue weighted by Gasteiger charge is -1.96. The van der Waals surface area contributed by atoms with Gasteiger partial charge >= 0.3 is 0 Å². The molecule has 0 atom stereocenters. The molecule has 11 heavy (non-hydrogen) atoms. The minimum absolute atomic E-state index is 0.553. The summed E-state index contributed by atoms with van der Waals surface area (Å²) >= 11 is 0. The molecule has 3 heteroatoms. The third kappa shape index (κ3) is 1.89. The molecule has 0 aliphatic heterocycles. The van der Waals surface area contributed by atoms with E-state index in [-0.39, 0.29) is 0 Å². The molecule has 3 nitrogen and oxygen atoms in total. The molecule has 1 rings (SSSR count). The van der Waals surface area contributed by atoms with Crippen LogP contribution in [0, 0.1) is 0 Å². The molecule has 0 bridgehead atoms.